The Morgan fingerprint density at radius 3 is 2.91 bits per heavy atom. The van der Waals surface area contributed by atoms with E-state index in [9.17, 15) is 14.7 Å². The fourth-order valence-electron chi connectivity index (χ4n) is 2.80. The molecule has 0 bridgehead atoms. The van der Waals surface area contributed by atoms with Gasteiger partial charge in [-0.15, -0.1) is 0 Å². The highest BCUT2D eigenvalue weighted by Crippen LogP contribution is 2.34. The minimum atomic E-state index is -0.369. The minimum absolute atomic E-state index is 0.0155. The van der Waals surface area contributed by atoms with Gasteiger partial charge in [-0.05, 0) is 42.9 Å². The van der Waals surface area contributed by atoms with Crippen LogP contribution in [0.1, 0.15) is 32.6 Å². The smallest absolute Gasteiger partial charge is 0.334 e. The van der Waals surface area contributed by atoms with Gasteiger partial charge in [-0.25, -0.2) is 4.79 Å². The van der Waals surface area contributed by atoms with Crippen LogP contribution in [-0.2, 0) is 19.1 Å². The molecule has 1 heterocycles. The Morgan fingerprint density at radius 1 is 1.45 bits per heavy atom. The molecule has 5 heteroatoms. The molecule has 1 aliphatic heterocycles. The van der Waals surface area contributed by atoms with Crippen LogP contribution in [-0.4, -0.2) is 36.4 Å². The molecule has 22 heavy (non-hydrogen) atoms. The van der Waals surface area contributed by atoms with Gasteiger partial charge in [0.15, 0.2) is 0 Å². The molecule has 0 amide bonds. The van der Waals surface area contributed by atoms with Gasteiger partial charge in [0.1, 0.15) is 12.7 Å². The monoisotopic (exact) mass is 306 g/mol. The first-order chi connectivity index (χ1) is 10.5. The summed E-state index contributed by atoms with van der Waals surface area (Å²) < 4.78 is 10.4. The summed E-state index contributed by atoms with van der Waals surface area (Å²) in [6, 6.07) is 0. The van der Waals surface area contributed by atoms with Crippen LogP contribution in [0.3, 0.4) is 0 Å². The third-order valence-corrected chi connectivity index (χ3v) is 4.09. The van der Waals surface area contributed by atoms with E-state index in [1.54, 1.807) is 0 Å². The SMILES string of the molecule is C=C1C(=O)OC2C=C(COC(C)=O)CCC=C(CO)CCC12. The summed E-state index contributed by atoms with van der Waals surface area (Å²) in [7, 11) is 0. The zero-order chi connectivity index (χ0) is 16.1. The number of hydrogen-bond donors (Lipinski definition) is 1. The van der Waals surface area contributed by atoms with Crippen molar-refractivity contribution < 1.29 is 24.2 Å². The Bertz CT molecular complexity index is 529. The number of carbonyl (C=O) groups is 2. The first-order valence-corrected chi connectivity index (χ1v) is 7.52. The van der Waals surface area contributed by atoms with Crippen LogP contribution >= 0.6 is 0 Å². The van der Waals surface area contributed by atoms with Gasteiger partial charge < -0.3 is 14.6 Å². The van der Waals surface area contributed by atoms with E-state index in [0.717, 1.165) is 24.0 Å². The molecule has 1 saturated heterocycles. The number of esters is 2. The van der Waals surface area contributed by atoms with Crippen LogP contribution in [0.25, 0.3) is 0 Å². The molecule has 120 valence electrons. The van der Waals surface area contributed by atoms with E-state index in [0.29, 0.717) is 18.4 Å². The molecule has 0 radical (unpaired) electrons. The highest BCUT2D eigenvalue weighted by Gasteiger charge is 2.37. The summed E-state index contributed by atoms with van der Waals surface area (Å²) in [5, 5.41) is 9.40. The fraction of sp³-hybridized carbons (Fsp3) is 0.529. The molecule has 0 spiro atoms. The van der Waals surface area contributed by atoms with Crippen molar-refractivity contribution in [1.82, 2.24) is 0 Å². The van der Waals surface area contributed by atoms with Crippen LogP contribution in [0.15, 0.2) is 35.5 Å². The van der Waals surface area contributed by atoms with Gasteiger partial charge in [0.2, 0.25) is 0 Å². The molecule has 2 aliphatic rings. The predicted molar refractivity (Wildman–Crippen MR) is 80.9 cm³/mol. The maximum atomic E-state index is 11.8. The number of aliphatic hydroxyl groups is 1. The fourth-order valence-corrected chi connectivity index (χ4v) is 2.80. The molecule has 2 unspecified atom stereocenters. The summed E-state index contributed by atoms with van der Waals surface area (Å²) in [6.07, 6.45) is 6.44. The molecule has 1 aliphatic carbocycles. The Hall–Kier alpha value is -1.88. The number of allylic oxidation sites excluding steroid dienone is 1. The third kappa shape index (κ3) is 4.07. The average molecular weight is 306 g/mol. The van der Waals surface area contributed by atoms with Crippen molar-refractivity contribution in [3.63, 3.8) is 0 Å². The highest BCUT2D eigenvalue weighted by molar-refractivity contribution is 5.91. The van der Waals surface area contributed by atoms with Gasteiger partial charge in [-0.3, -0.25) is 4.79 Å². The van der Waals surface area contributed by atoms with Gasteiger partial charge in [0.05, 0.1) is 6.61 Å². The maximum Gasteiger partial charge on any atom is 0.334 e. The number of fused-ring (bicyclic) bond motifs is 1. The number of carbonyl (C=O) groups excluding carboxylic acids is 2. The summed E-state index contributed by atoms with van der Waals surface area (Å²) in [5.74, 6) is -0.798. The summed E-state index contributed by atoms with van der Waals surface area (Å²) in [4.78, 5) is 22.8. The molecule has 2 atom stereocenters. The summed E-state index contributed by atoms with van der Waals surface area (Å²) in [5.41, 5.74) is 2.36. The molecule has 2 rings (SSSR count). The normalized spacial score (nSPS) is 25.7. The lowest BCUT2D eigenvalue weighted by molar-refractivity contribution is -0.140. The van der Waals surface area contributed by atoms with Gasteiger partial charge in [-0.2, -0.15) is 0 Å². The zero-order valence-electron chi connectivity index (χ0n) is 12.8. The Balaban J connectivity index is 2.21. The van der Waals surface area contributed by atoms with Crippen molar-refractivity contribution in [2.24, 2.45) is 5.92 Å². The lowest BCUT2D eigenvalue weighted by Crippen LogP contribution is -2.17. The van der Waals surface area contributed by atoms with Crippen molar-refractivity contribution in [3.05, 3.63) is 35.5 Å². The van der Waals surface area contributed by atoms with Gasteiger partial charge in [0.25, 0.3) is 0 Å². The molecular weight excluding hydrogens is 284 g/mol. The van der Waals surface area contributed by atoms with Crippen molar-refractivity contribution in [3.8, 4) is 0 Å². The molecule has 1 fully saturated rings. The van der Waals surface area contributed by atoms with E-state index in [2.05, 4.69) is 6.58 Å². The Kier molecular flexibility index (Phi) is 5.55. The van der Waals surface area contributed by atoms with Crippen molar-refractivity contribution in [1.29, 1.82) is 0 Å². The second kappa shape index (κ2) is 7.40. The maximum absolute atomic E-state index is 11.8. The topological polar surface area (TPSA) is 72.8 Å². The van der Waals surface area contributed by atoms with Crippen molar-refractivity contribution in [2.75, 3.05) is 13.2 Å². The predicted octanol–water partition coefficient (Wildman–Crippen LogP) is 2.07. The van der Waals surface area contributed by atoms with Crippen molar-refractivity contribution >= 4 is 11.9 Å². The highest BCUT2D eigenvalue weighted by atomic mass is 16.6. The van der Waals surface area contributed by atoms with Crippen LogP contribution in [0.5, 0.6) is 0 Å². The number of ether oxygens (including phenoxy) is 2. The molecule has 0 saturated carbocycles. The summed E-state index contributed by atoms with van der Waals surface area (Å²) >= 11 is 0. The van der Waals surface area contributed by atoms with E-state index in [1.165, 1.54) is 6.92 Å². The van der Waals surface area contributed by atoms with Crippen LogP contribution < -0.4 is 0 Å². The minimum Gasteiger partial charge on any atom is -0.461 e. The molecule has 0 aromatic carbocycles. The molecule has 0 aromatic rings. The van der Waals surface area contributed by atoms with Gasteiger partial charge >= 0.3 is 11.9 Å². The second-order valence-electron chi connectivity index (χ2n) is 5.70. The summed E-state index contributed by atoms with van der Waals surface area (Å²) in [6.45, 7) is 5.41. The average Bonchev–Trinajstić information content (AvgIpc) is 2.75. The van der Waals surface area contributed by atoms with Gasteiger partial charge in [-0.1, -0.05) is 12.7 Å². The lowest BCUT2D eigenvalue weighted by atomic mass is 9.88. The number of aliphatic hydroxyl groups excluding tert-OH is 1. The lowest BCUT2D eigenvalue weighted by Gasteiger charge is -2.19. The van der Waals surface area contributed by atoms with E-state index in [-0.39, 0.29) is 37.2 Å². The first kappa shape index (κ1) is 16.5. The van der Waals surface area contributed by atoms with Crippen LogP contribution in [0.2, 0.25) is 0 Å². The molecule has 5 nitrogen and oxygen atoms in total. The molecule has 0 aromatic heterocycles. The number of hydrogen-bond acceptors (Lipinski definition) is 5. The zero-order valence-corrected chi connectivity index (χ0v) is 12.8. The first-order valence-electron chi connectivity index (χ1n) is 7.52. The van der Waals surface area contributed by atoms with E-state index in [1.807, 2.05) is 12.2 Å². The van der Waals surface area contributed by atoms with Crippen molar-refractivity contribution in [2.45, 2.75) is 38.7 Å². The van der Waals surface area contributed by atoms with Gasteiger partial charge in [0, 0.05) is 18.4 Å². The van der Waals surface area contributed by atoms with Crippen LogP contribution in [0, 0.1) is 5.92 Å². The second-order valence-corrected chi connectivity index (χ2v) is 5.70. The van der Waals surface area contributed by atoms with Crippen LogP contribution in [0.4, 0.5) is 0 Å². The largest absolute Gasteiger partial charge is 0.461 e. The standard InChI is InChI=1S/C17H22O5/c1-11-15-7-6-13(9-18)4-3-5-14(10-21-12(2)19)8-16(15)22-17(11)20/h4,8,15-16,18H,1,3,5-7,9-10H2,2H3. The quantitative estimate of drug-likeness (QED) is 0.491. The van der Waals surface area contributed by atoms with E-state index >= 15 is 0 Å². The van der Waals surface area contributed by atoms with E-state index in [4.69, 9.17) is 9.47 Å². The van der Waals surface area contributed by atoms with E-state index < -0.39 is 0 Å². The molecular formula is C17H22O5. The number of rotatable bonds is 3. The Morgan fingerprint density at radius 2 is 2.23 bits per heavy atom. The third-order valence-electron chi connectivity index (χ3n) is 4.09. The Labute approximate surface area is 130 Å². The molecule has 1 N–H and O–H groups in total.